The fraction of sp³-hybridized carbons (Fsp3) is 0.182. The van der Waals surface area contributed by atoms with Gasteiger partial charge in [-0.1, -0.05) is 6.07 Å². The van der Waals surface area contributed by atoms with Gasteiger partial charge in [-0.05, 0) is 62.5 Å². The molecule has 0 bridgehead atoms. The molecular weight excluding hydrogens is 386 g/mol. The lowest BCUT2D eigenvalue weighted by Crippen LogP contribution is -2.11. The Balaban J connectivity index is 1.77. The molecule has 0 saturated heterocycles. The minimum absolute atomic E-state index is 0.0413. The van der Waals surface area contributed by atoms with Crippen molar-refractivity contribution in [1.29, 1.82) is 0 Å². The molecule has 6 nitrogen and oxygen atoms in total. The lowest BCUT2D eigenvalue weighted by atomic mass is 10.1. The number of thiophene rings is 1. The smallest absolute Gasteiger partial charge is 0.344 e. The van der Waals surface area contributed by atoms with Crippen LogP contribution in [0.15, 0.2) is 54.0 Å². The zero-order chi connectivity index (χ0) is 20.5. The second kappa shape index (κ2) is 7.60. The topological polar surface area (TPSA) is 74.1 Å². The summed E-state index contributed by atoms with van der Waals surface area (Å²) in [5, 5.41) is 7.02. The van der Waals surface area contributed by atoms with E-state index in [0.717, 1.165) is 4.88 Å². The van der Waals surface area contributed by atoms with Gasteiger partial charge in [-0.15, -0.1) is 11.3 Å². The van der Waals surface area contributed by atoms with Crippen molar-refractivity contribution in [3.63, 3.8) is 0 Å². The van der Waals surface area contributed by atoms with Crippen molar-refractivity contribution in [2.24, 2.45) is 0 Å². The minimum atomic E-state index is -0.492. The first kappa shape index (κ1) is 19.0. The van der Waals surface area contributed by atoms with E-state index in [4.69, 9.17) is 9.72 Å². The molecule has 4 aromatic rings. The third kappa shape index (κ3) is 3.69. The Bertz CT molecular complexity index is 1190. The van der Waals surface area contributed by atoms with E-state index in [1.54, 1.807) is 52.5 Å². The summed E-state index contributed by atoms with van der Waals surface area (Å²) in [7, 11) is 0. The minimum Gasteiger partial charge on any atom is -0.423 e. The Labute approximate surface area is 171 Å². The summed E-state index contributed by atoms with van der Waals surface area (Å²) in [6.45, 7) is 5.52. The summed E-state index contributed by atoms with van der Waals surface area (Å²) in [5.41, 5.74) is 2.31. The number of pyridine rings is 1. The van der Waals surface area contributed by atoms with E-state index in [1.165, 1.54) is 6.92 Å². The Morgan fingerprint density at radius 1 is 1.14 bits per heavy atom. The van der Waals surface area contributed by atoms with Gasteiger partial charge in [-0.3, -0.25) is 4.79 Å². The molecular formula is C22H19N3O3S. The van der Waals surface area contributed by atoms with E-state index in [9.17, 15) is 9.59 Å². The molecule has 0 spiro atoms. The molecule has 29 heavy (non-hydrogen) atoms. The summed E-state index contributed by atoms with van der Waals surface area (Å²) in [6.07, 6.45) is 1.65. The molecule has 3 heterocycles. The van der Waals surface area contributed by atoms with Gasteiger partial charge in [0.2, 0.25) is 0 Å². The number of hydrogen-bond donors (Lipinski definition) is 0. The molecule has 0 fully saturated rings. The van der Waals surface area contributed by atoms with Crippen LogP contribution in [0.3, 0.4) is 0 Å². The molecule has 0 amide bonds. The van der Waals surface area contributed by atoms with Crippen LogP contribution in [0.4, 0.5) is 0 Å². The second-order valence-electron chi connectivity index (χ2n) is 6.92. The van der Waals surface area contributed by atoms with Gasteiger partial charge in [0.15, 0.2) is 11.4 Å². The number of hydrogen-bond acceptors (Lipinski definition) is 6. The van der Waals surface area contributed by atoms with Crippen molar-refractivity contribution in [3.05, 3.63) is 65.2 Å². The first-order chi connectivity index (χ1) is 13.9. The molecule has 3 aromatic heterocycles. The molecule has 4 rings (SSSR count). The number of nitrogens with zero attached hydrogens (tertiary/aromatic N) is 3. The first-order valence-corrected chi connectivity index (χ1v) is 10.1. The van der Waals surface area contributed by atoms with Crippen molar-refractivity contribution >= 4 is 34.1 Å². The zero-order valence-corrected chi connectivity index (χ0v) is 17.1. The standard InChI is InChI=1S/C22H19N3O3S/c1-13(2)25-21-18(12-23-25)17(11-19(24-21)20-5-4-10-29-20)22(27)28-16-8-6-15(7-9-16)14(3)26/h4-13H,1-3H3. The number of ketones is 1. The highest BCUT2D eigenvalue weighted by molar-refractivity contribution is 7.13. The van der Waals surface area contributed by atoms with Crippen molar-refractivity contribution < 1.29 is 14.3 Å². The fourth-order valence-electron chi connectivity index (χ4n) is 3.04. The van der Waals surface area contributed by atoms with E-state index in [-0.39, 0.29) is 11.8 Å². The normalized spacial score (nSPS) is 11.2. The number of fused-ring (bicyclic) bond motifs is 1. The van der Waals surface area contributed by atoms with Crippen molar-refractivity contribution in [2.45, 2.75) is 26.8 Å². The highest BCUT2D eigenvalue weighted by Crippen LogP contribution is 2.29. The predicted molar refractivity (Wildman–Crippen MR) is 113 cm³/mol. The average molecular weight is 405 g/mol. The molecule has 7 heteroatoms. The lowest BCUT2D eigenvalue weighted by molar-refractivity contribution is 0.0736. The molecule has 146 valence electrons. The maximum absolute atomic E-state index is 13.0. The summed E-state index contributed by atoms with van der Waals surface area (Å²) < 4.78 is 7.37. The largest absolute Gasteiger partial charge is 0.423 e. The number of carbonyl (C=O) groups excluding carboxylic acids is 2. The first-order valence-electron chi connectivity index (χ1n) is 9.19. The van der Waals surface area contributed by atoms with E-state index in [1.807, 2.05) is 31.4 Å². The van der Waals surface area contributed by atoms with Crippen LogP contribution in [-0.4, -0.2) is 26.5 Å². The Hall–Kier alpha value is -3.32. The van der Waals surface area contributed by atoms with Gasteiger partial charge < -0.3 is 4.74 Å². The van der Waals surface area contributed by atoms with Gasteiger partial charge in [0.1, 0.15) is 5.75 Å². The number of benzene rings is 1. The quantitative estimate of drug-likeness (QED) is 0.260. The van der Waals surface area contributed by atoms with E-state index in [0.29, 0.717) is 33.6 Å². The highest BCUT2D eigenvalue weighted by Gasteiger charge is 2.20. The Morgan fingerprint density at radius 3 is 2.52 bits per heavy atom. The Kier molecular flexibility index (Phi) is 4.98. The number of Topliss-reactive ketones (excluding diaryl/α,β-unsaturated/α-hetero) is 1. The molecule has 0 aliphatic carbocycles. The maximum Gasteiger partial charge on any atom is 0.344 e. The summed E-state index contributed by atoms with van der Waals surface area (Å²) >= 11 is 1.55. The van der Waals surface area contributed by atoms with Crippen LogP contribution in [0.2, 0.25) is 0 Å². The molecule has 0 atom stereocenters. The number of esters is 1. The maximum atomic E-state index is 13.0. The van der Waals surface area contributed by atoms with Crippen LogP contribution in [0.1, 0.15) is 47.5 Å². The number of rotatable bonds is 5. The number of aromatic nitrogens is 3. The van der Waals surface area contributed by atoms with Crippen molar-refractivity contribution in [2.75, 3.05) is 0 Å². The van der Waals surface area contributed by atoms with Gasteiger partial charge in [-0.2, -0.15) is 5.10 Å². The van der Waals surface area contributed by atoms with Gasteiger partial charge >= 0.3 is 5.97 Å². The van der Waals surface area contributed by atoms with Crippen LogP contribution in [0, 0.1) is 0 Å². The molecule has 0 aliphatic rings. The molecule has 1 aromatic carbocycles. The highest BCUT2D eigenvalue weighted by atomic mass is 32.1. The van der Waals surface area contributed by atoms with Crippen molar-refractivity contribution in [1.82, 2.24) is 14.8 Å². The van der Waals surface area contributed by atoms with Crippen LogP contribution in [0.5, 0.6) is 5.75 Å². The van der Waals surface area contributed by atoms with Gasteiger partial charge in [0.25, 0.3) is 0 Å². The van der Waals surface area contributed by atoms with E-state index < -0.39 is 5.97 Å². The molecule has 0 N–H and O–H groups in total. The third-order valence-electron chi connectivity index (χ3n) is 4.52. The van der Waals surface area contributed by atoms with Crippen LogP contribution >= 0.6 is 11.3 Å². The third-order valence-corrected chi connectivity index (χ3v) is 5.41. The molecule has 0 unspecified atom stereocenters. The van der Waals surface area contributed by atoms with Gasteiger partial charge in [-0.25, -0.2) is 14.5 Å². The van der Waals surface area contributed by atoms with Crippen molar-refractivity contribution in [3.8, 4) is 16.3 Å². The lowest BCUT2D eigenvalue weighted by Gasteiger charge is -2.10. The summed E-state index contributed by atoms with van der Waals surface area (Å²) in [6, 6.07) is 12.3. The molecule has 0 radical (unpaired) electrons. The second-order valence-corrected chi connectivity index (χ2v) is 7.87. The summed E-state index contributed by atoms with van der Waals surface area (Å²) in [5.74, 6) is -0.159. The fourth-order valence-corrected chi connectivity index (χ4v) is 3.72. The molecule has 0 aliphatic heterocycles. The number of ether oxygens (including phenoxy) is 1. The number of carbonyl (C=O) groups is 2. The summed E-state index contributed by atoms with van der Waals surface area (Å²) in [4.78, 5) is 30.1. The SMILES string of the molecule is CC(=O)c1ccc(OC(=O)c2cc(-c3cccs3)nc3c2cnn3C(C)C)cc1. The monoisotopic (exact) mass is 405 g/mol. The van der Waals surface area contributed by atoms with E-state index in [2.05, 4.69) is 5.10 Å². The Morgan fingerprint density at radius 2 is 1.90 bits per heavy atom. The zero-order valence-electron chi connectivity index (χ0n) is 16.2. The predicted octanol–water partition coefficient (Wildman–Crippen LogP) is 5.16. The van der Waals surface area contributed by atoms with Gasteiger partial charge in [0.05, 0.1) is 27.7 Å². The van der Waals surface area contributed by atoms with Crippen LogP contribution < -0.4 is 4.74 Å². The van der Waals surface area contributed by atoms with Crippen LogP contribution in [-0.2, 0) is 0 Å². The average Bonchev–Trinajstić information content (AvgIpc) is 3.37. The van der Waals surface area contributed by atoms with E-state index >= 15 is 0 Å². The van der Waals surface area contributed by atoms with Gasteiger partial charge in [0, 0.05) is 11.6 Å². The van der Waals surface area contributed by atoms with Crippen LogP contribution in [0.25, 0.3) is 21.6 Å². The molecule has 0 saturated carbocycles.